The largest absolute Gasteiger partial charge is 0.313 e. The van der Waals surface area contributed by atoms with E-state index in [1.54, 1.807) is 11.5 Å². The highest BCUT2D eigenvalue weighted by molar-refractivity contribution is 7.17. The van der Waals surface area contributed by atoms with Crippen molar-refractivity contribution in [1.29, 1.82) is 0 Å². The van der Waals surface area contributed by atoms with E-state index in [0.717, 1.165) is 36.4 Å². The van der Waals surface area contributed by atoms with Crippen molar-refractivity contribution in [3.63, 3.8) is 0 Å². The molecule has 1 amide bonds. The van der Waals surface area contributed by atoms with Crippen molar-refractivity contribution in [2.45, 2.75) is 19.4 Å². The van der Waals surface area contributed by atoms with Crippen LogP contribution in [0, 0.1) is 0 Å². The summed E-state index contributed by atoms with van der Waals surface area (Å²) in [4.78, 5) is 13.0. The molecule has 1 heterocycles. The van der Waals surface area contributed by atoms with Gasteiger partial charge in [-0.3, -0.25) is 10.0 Å². The van der Waals surface area contributed by atoms with Gasteiger partial charge in [0.05, 0.1) is 4.88 Å². The number of benzene rings is 2. The van der Waals surface area contributed by atoms with Crippen LogP contribution >= 0.6 is 11.3 Å². The summed E-state index contributed by atoms with van der Waals surface area (Å²) in [6.07, 6.45) is 2.19. The van der Waals surface area contributed by atoms with Crippen molar-refractivity contribution < 1.29 is 10.0 Å². The fourth-order valence-electron chi connectivity index (χ4n) is 2.80. The van der Waals surface area contributed by atoms with Gasteiger partial charge >= 0.3 is 0 Å². The molecular weight excluding hydrogens is 344 g/mol. The summed E-state index contributed by atoms with van der Waals surface area (Å²) in [6.45, 7) is 1.79. The molecule has 1 aromatic heterocycles. The smallest absolute Gasteiger partial charge is 0.284 e. The van der Waals surface area contributed by atoms with E-state index in [1.165, 1.54) is 22.5 Å². The Morgan fingerprint density at radius 3 is 2.58 bits per heavy atom. The third-order valence-electron chi connectivity index (χ3n) is 4.13. The monoisotopic (exact) mass is 366 g/mol. The highest BCUT2D eigenvalue weighted by Crippen LogP contribution is 2.28. The number of aryl methyl sites for hydroxylation is 1. The van der Waals surface area contributed by atoms with Gasteiger partial charge in [0.15, 0.2) is 0 Å². The number of amides is 1. The molecule has 0 radical (unpaired) electrons. The maximum absolute atomic E-state index is 11.5. The lowest BCUT2D eigenvalue weighted by atomic mass is 10.1. The van der Waals surface area contributed by atoms with Gasteiger partial charge in [-0.05, 0) is 54.3 Å². The van der Waals surface area contributed by atoms with Crippen LogP contribution in [0.4, 0.5) is 0 Å². The Bertz CT molecular complexity index is 846. The standard InChI is InChI=1S/C21H22N2O2S/c24-21(23-25)20-12-11-19(26-20)18-10-4-8-17(14-18)15-22-13-5-9-16-6-2-1-3-7-16/h1-4,6-8,10-12,14,22,25H,5,9,13,15H2,(H,23,24). The van der Waals surface area contributed by atoms with Gasteiger partial charge in [0.25, 0.3) is 5.91 Å². The average molecular weight is 366 g/mol. The molecule has 2 aromatic carbocycles. The lowest BCUT2D eigenvalue weighted by molar-refractivity contribution is 0.0711. The van der Waals surface area contributed by atoms with Crippen LogP contribution in [-0.2, 0) is 13.0 Å². The number of hydroxylamine groups is 1. The van der Waals surface area contributed by atoms with E-state index in [0.29, 0.717) is 4.88 Å². The number of carbonyl (C=O) groups excluding carboxylic acids is 1. The first-order valence-corrected chi connectivity index (χ1v) is 9.46. The van der Waals surface area contributed by atoms with Gasteiger partial charge in [-0.1, -0.05) is 48.5 Å². The third kappa shape index (κ3) is 5.02. The predicted molar refractivity (Wildman–Crippen MR) is 105 cm³/mol. The van der Waals surface area contributed by atoms with Crippen LogP contribution in [-0.4, -0.2) is 17.7 Å². The van der Waals surface area contributed by atoms with Crippen LogP contribution in [0.1, 0.15) is 27.2 Å². The zero-order valence-corrected chi connectivity index (χ0v) is 15.3. The number of carbonyl (C=O) groups is 1. The first-order valence-electron chi connectivity index (χ1n) is 8.64. The summed E-state index contributed by atoms with van der Waals surface area (Å²) in [5.41, 5.74) is 5.33. The number of thiophene rings is 1. The van der Waals surface area contributed by atoms with E-state index in [1.807, 2.05) is 24.3 Å². The highest BCUT2D eigenvalue weighted by atomic mass is 32.1. The lowest BCUT2D eigenvalue weighted by Gasteiger charge is -2.07. The van der Waals surface area contributed by atoms with Crippen LogP contribution < -0.4 is 10.8 Å². The summed E-state index contributed by atoms with van der Waals surface area (Å²) in [5.74, 6) is -0.475. The van der Waals surface area contributed by atoms with Crippen molar-refractivity contribution in [3.8, 4) is 10.4 Å². The van der Waals surface area contributed by atoms with Gasteiger partial charge in [0.1, 0.15) is 0 Å². The molecule has 5 heteroatoms. The number of rotatable bonds is 8. The first-order chi connectivity index (χ1) is 12.8. The van der Waals surface area contributed by atoms with Gasteiger partial charge < -0.3 is 5.32 Å². The van der Waals surface area contributed by atoms with Gasteiger partial charge in [-0.15, -0.1) is 11.3 Å². The van der Waals surface area contributed by atoms with Crippen molar-refractivity contribution >= 4 is 17.2 Å². The topological polar surface area (TPSA) is 61.4 Å². The molecule has 3 aromatic rings. The van der Waals surface area contributed by atoms with E-state index in [-0.39, 0.29) is 0 Å². The molecule has 0 bridgehead atoms. The minimum absolute atomic E-state index is 0.475. The highest BCUT2D eigenvalue weighted by Gasteiger charge is 2.09. The van der Waals surface area contributed by atoms with E-state index in [9.17, 15) is 4.79 Å². The van der Waals surface area contributed by atoms with Crippen LogP contribution in [0.15, 0.2) is 66.7 Å². The Kier molecular flexibility index (Phi) is 6.55. The number of hydrogen-bond donors (Lipinski definition) is 3. The quantitative estimate of drug-likeness (QED) is 0.317. The third-order valence-corrected chi connectivity index (χ3v) is 5.27. The Hall–Kier alpha value is -2.47. The molecule has 134 valence electrons. The summed E-state index contributed by atoms with van der Waals surface area (Å²) in [7, 11) is 0. The predicted octanol–water partition coefficient (Wildman–Crippen LogP) is 4.26. The minimum atomic E-state index is -0.475. The molecule has 3 rings (SSSR count). The number of nitrogens with one attached hydrogen (secondary N) is 2. The molecule has 3 N–H and O–H groups in total. The van der Waals surface area contributed by atoms with Crippen molar-refractivity contribution in [3.05, 3.63) is 82.7 Å². The summed E-state index contributed by atoms with van der Waals surface area (Å²) >= 11 is 1.36. The fourth-order valence-corrected chi connectivity index (χ4v) is 3.69. The molecule has 26 heavy (non-hydrogen) atoms. The Morgan fingerprint density at radius 1 is 0.962 bits per heavy atom. The average Bonchev–Trinajstić information content (AvgIpc) is 3.18. The second-order valence-corrected chi connectivity index (χ2v) is 7.15. The fraction of sp³-hybridized carbons (Fsp3) is 0.190. The molecule has 0 aliphatic rings. The van der Waals surface area contributed by atoms with E-state index in [2.05, 4.69) is 41.7 Å². The summed E-state index contributed by atoms with van der Waals surface area (Å²) in [5, 5.41) is 12.2. The SMILES string of the molecule is O=C(NO)c1ccc(-c2cccc(CNCCCc3ccccc3)c2)s1. The molecule has 0 fully saturated rings. The number of hydrogen-bond acceptors (Lipinski definition) is 4. The molecule has 0 saturated carbocycles. The normalized spacial score (nSPS) is 10.7. The summed E-state index contributed by atoms with van der Waals surface area (Å²) < 4.78 is 0. The molecular formula is C21H22N2O2S. The van der Waals surface area contributed by atoms with E-state index in [4.69, 9.17) is 5.21 Å². The zero-order valence-electron chi connectivity index (χ0n) is 14.4. The molecule has 4 nitrogen and oxygen atoms in total. The van der Waals surface area contributed by atoms with Gasteiger partial charge in [0, 0.05) is 11.4 Å². The second-order valence-electron chi connectivity index (χ2n) is 6.07. The minimum Gasteiger partial charge on any atom is -0.313 e. The molecule has 0 aliphatic carbocycles. The second kappa shape index (κ2) is 9.29. The Balaban J connectivity index is 1.51. The van der Waals surface area contributed by atoms with Crippen molar-refractivity contribution in [2.75, 3.05) is 6.54 Å². The Morgan fingerprint density at radius 2 is 1.77 bits per heavy atom. The van der Waals surface area contributed by atoms with Gasteiger partial charge in [-0.25, -0.2) is 5.48 Å². The van der Waals surface area contributed by atoms with Crippen LogP contribution in [0.3, 0.4) is 0 Å². The maximum Gasteiger partial charge on any atom is 0.284 e. The van der Waals surface area contributed by atoms with Crippen LogP contribution in [0.5, 0.6) is 0 Å². The molecule has 0 atom stereocenters. The van der Waals surface area contributed by atoms with Crippen LogP contribution in [0.2, 0.25) is 0 Å². The van der Waals surface area contributed by atoms with E-state index < -0.39 is 5.91 Å². The van der Waals surface area contributed by atoms with Crippen LogP contribution in [0.25, 0.3) is 10.4 Å². The molecule has 0 aliphatic heterocycles. The zero-order chi connectivity index (χ0) is 18.2. The lowest BCUT2D eigenvalue weighted by Crippen LogP contribution is -2.16. The molecule has 0 spiro atoms. The van der Waals surface area contributed by atoms with Gasteiger partial charge in [-0.2, -0.15) is 0 Å². The van der Waals surface area contributed by atoms with E-state index >= 15 is 0 Å². The first kappa shape index (κ1) is 18.3. The van der Waals surface area contributed by atoms with Crippen molar-refractivity contribution in [2.24, 2.45) is 0 Å². The van der Waals surface area contributed by atoms with Gasteiger partial charge in [0.2, 0.25) is 0 Å². The Labute approximate surface area is 157 Å². The molecule has 0 saturated heterocycles. The molecule has 0 unspecified atom stereocenters. The summed E-state index contributed by atoms with van der Waals surface area (Å²) in [6, 6.07) is 22.4. The van der Waals surface area contributed by atoms with Crippen molar-refractivity contribution in [1.82, 2.24) is 10.8 Å². The maximum atomic E-state index is 11.5.